The number of rotatable bonds is 4. The van der Waals surface area contributed by atoms with E-state index in [2.05, 4.69) is 4.74 Å². The molecule has 0 spiro atoms. The quantitative estimate of drug-likeness (QED) is 0.533. The van der Waals surface area contributed by atoms with Gasteiger partial charge in [0.15, 0.2) is 24.1 Å². The molecule has 2 rings (SSSR count). The number of anilines is 1. The van der Waals surface area contributed by atoms with Gasteiger partial charge in [0, 0.05) is 0 Å². The topological polar surface area (TPSA) is 55.4 Å². The van der Waals surface area contributed by atoms with Crippen molar-refractivity contribution in [3.63, 3.8) is 0 Å². The highest BCUT2D eigenvalue weighted by atomic mass is 19.2. The first-order valence-electron chi connectivity index (χ1n) is 6.24. The molecule has 0 aliphatic carbocycles. The Morgan fingerprint density at radius 2 is 1.74 bits per heavy atom. The van der Waals surface area contributed by atoms with Crippen molar-refractivity contribution in [3.05, 3.63) is 65.2 Å². The number of ether oxygens (including phenoxy) is 1. The van der Waals surface area contributed by atoms with E-state index in [-0.39, 0.29) is 5.56 Å². The summed E-state index contributed by atoms with van der Waals surface area (Å²) in [5.41, 5.74) is -0.715. The smallest absolute Gasteiger partial charge is 0.338 e. The van der Waals surface area contributed by atoms with Crippen molar-refractivity contribution >= 4 is 17.6 Å². The molecular weight excluding hydrogens is 318 g/mol. The number of hydrogen-bond donors (Lipinski definition) is 1. The number of esters is 1. The average Bonchev–Trinajstić information content (AvgIpc) is 2.53. The van der Waals surface area contributed by atoms with Crippen LogP contribution in [0, 0.1) is 23.3 Å². The molecule has 4 nitrogen and oxygen atoms in total. The number of halogens is 4. The van der Waals surface area contributed by atoms with Crippen molar-refractivity contribution in [2.45, 2.75) is 0 Å². The second-order valence-corrected chi connectivity index (χ2v) is 4.36. The molecule has 1 N–H and O–H groups in total. The van der Waals surface area contributed by atoms with E-state index in [9.17, 15) is 27.2 Å². The summed E-state index contributed by atoms with van der Waals surface area (Å²) in [6, 6.07) is 6.04. The fourth-order valence-corrected chi connectivity index (χ4v) is 1.64. The lowest BCUT2D eigenvalue weighted by Crippen LogP contribution is -2.21. The van der Waals surface area contributed by atoms with Crippen LogP contribution in [0.2, 0.25) is 0 Å². The van der Waals surface area contributed by atoms with Crippen molar-refractivity contribution in [2.75, 3.05) is 11.9 Å². The van der Waals surface area contributed by atoms with Crippen LogP contribution in [0.4, 0.5) is 23.2 Å². The molecule has 0 radical (unpaired) electrons. The molecule has 0 aromatic heterocycles. The first kappa shape index (κ1) is 16.5. The highest BCUT2D eigenvalue weighted by Gasteiger charge is 2.16. The van der Waals surface area contributed by atoms with Crippen molar-refractivity contribution in [1.29, 1.82) is 0 Å². The maximum Gasteiger partial charge on any atom is 0.338 e. The zero-order chi connectivity index (χ0) is 17.0. The Bertz CT molecular complexity index is 764. The Hall–Kier alpha value is -2.90. The van der Waals surface area contributed by atoms with Gasteiger partial charge in [-0.15, -0.1) is 0 Å². The van der Waals surface area contributed by atoms with E-state index < -0.39 is 47.4 Å². The molecule has 2 aromatic rings. The molecule has 0 fully saturated rings. The van der Waals surface area contributed by atoms with Crippen molar-refractivity contribution in [1.82, 2.24) is 0 Å². The fourth-order valence-electron chi connectivity index (χ4n) is 1.64. The van der Waals surface area contributed by atoms with E-state index in [0.717, 1.165) is 18.2 Å². The number of carbonyl (C=O) groups is 2. The zero-order valence-electron chi connectivity index (χ0n) is 11.4. The zero-order valence-corrected chi connectivity index (χ0v) is 11.4. The highest BCUT2D eigenvalue weighted by molar-refractivity contribution is 5.95. The van der Waals surface area contributed by atoms with Crippen molar-refractivity contribution in [3.8, 4) is 0 Å². The van der Waals surface area contributed by atoms with Gasteiger partial charge in [0.05, 0.1) is 11.3 Å². The first-order valence-corrected chi connectivity index (χ1v) is 6.24. The summed E-state index contributed by atoms with van der Waals surface area (Å²) in [4.78, 5) is 23.1. The van der Waals surface area contributed by atoms with Crippen LogP contribution in [-0.2, 0) is 9.53 Å². The van der Waals surface area contributed by atoms with Crippen LogP contribution >= 0.6 is 0 Å². The normalized spacial score (nSPS) is 10.3. The summed E-state index contributed by atoms with van der Waals surface area (Å²) < 4.78 is 56.6. The summed E-state index contributed by atoms with van der Waals surface area (Å²) >= 11 is 0. The van der Waals surface area contributed by atoms with Crippen LogP contribution in [0.5, 0.6) is 0 Å². The lowest BCUT2D eigenvalue weighted by molar-refractivity contribution is -0.119. The minimum Gasteiger partial charge on any atom is -0.452 e. The number of hydrogen-bond acceptors (Lipinski definition) is 3. The van der Waals surface area contributed by atoms with Gasteiger partial charge in [0.2, 0.25) is 0 Å². The van der Waals surface area contributed by atoms with Crippen LogP contribution in [0.3, 0.4) is 0 Å². The monoisotopic (exact) mass is 327 g/mol. The van der Waals surface area contributed by atoms with Gasteiger partial charge in [0.1, 0.15) is 5.82 Å². The van der Waals surface area contributed by atoms with Gasteiger partial charge in [-0.25, -0.2) is 22.4 Å². The minimum absolute atomic E-state index is 0.114. The molecule has 0 saturated carbocycles. The summed E-state index contributed by atoms with van der Waals surface area (Å²) in [7, 11) is 0. The second-order valence-electron chi connectivity index (χ2n) is 4.36. The van der Waals surface area contributed by atoms with Crippen LogP contribution in [-0.4, -0.2) is 18.5 Å². The Morgan fingerprint density at radius 3 is 2.43 bits per heavy atom. The average molecular weight is 327 g/mol. The molecule has 0 heterocycles. The Balaban J connectivity index is 1.95. The molecule has 120 valence electrons. The number of amides is 1. The lowest BCUT2D eigenvalue weighted by atomic mass is 10.2. The second kappa shape index (κ2) is 6.91. The molecule has 8 heteroatoms. The van der Waals surface area contributed by atoms with Crippen molar-refractivity contribution < 1.29 is 31.9 Å². The van der Waals surface area contributed by atoms with Gasteiger partial charge in [-0.2, -0.15) is 0 Å². The van der Waals surface area contributed by atoms with E-state index in [0.29, 0.717) is 6.07 Å². The SMILES string of the molecule is O=C(COC(=O)c1cccc(F)c1)Nc1ccc(F)c(F)c1F. The van der Waals surface area contributed by atoms with Gasteiger partial charge in [0.25, 0.3) is 5.91 Å². The minimum atomic E-state index is -1.74. The third kappa shape index (κ3) is 4.06. The first-order chi connectivity index (χ1) is 10.9. The summed E-state index contributed by atoms with van der Waals surface area (Å²) in [6.07, 6.45) is 0. The third-order valence-corrected chi connectivity index (χ3v) is 2.70. The van der Waals surface area contributed by atoms with E-state index in [1.165, 1.54) is 12.1 Å². The molecule has 0 atom stereocenters. The maximum atomic E-state index is 13.4. The van der Waals surface area contributed by atoms with E-state index in [1.807, 2.05) is 5.32 Å². The molecule has 0 bridgehead atoms. The van der Waals surface area contributed by atoms with Gasteiger partial charge in [-0.1, -0.05) is 6.07 Å². The van der Waals surface area contributed by atoms with Gasteiger partial charge < -0.3 is 10.1 Å². The Labute approximate surface area is 127 Å². The summed E-state index contributed by atoms with van der Waals surface area (Å²) in [5.74, 6) is -7.31. The highest BCUT2D eigenvalue weighted by Crippen LogP contribution is 2.19. The molecule has 0 saturated heterocycles. The Kier molecular flexibility index (Phi) is 4.95. The van der Waals surface area contributed by atoms with Crippen molar-refractivity contribution in [2.24, 2.45) is 0 Å². The lowest BCUT2D eigenvalue weighted by Gasteiger charge is -2.08. The third-order valence-electron chi connectivity index (χ3n) is 2.70. The molecule has 0 aliphatic heterocycles. The predicted octanol–water partition coefficient (Wildman–Crippen LogP) is 3.04. The summed E-state index contributed by atoms with van der Waals surface area (Å²) in [6.45, 7) is -0.812. The van der Waals surface area contributed by atoms with Crippen LogP contribution in [0.25, 0.3) is 0 Å². The van der Waals surface area contributed by atoms with Gasteiger partial charge in [-0.05, 0) is 30.3 Å². The van der Waals surface area contributed by atoms with Gasteiger partial charge in [-0.3, -0.25) is 4.79 Å². The molecular formula is C15H9F4NO3. The van der Waals surface area contributed by atoms with E-state index in [1.54, 1.807) is 0 Å². The molecule has 1 amide bonds. The van der Waals surface area contributed by atoms with Gasteiger partial charge >= 0.3 is 5.97 Å². The molecule has 0 unspecified atom stereocenters. The van der Waals surface area contributed by atoms with Crippen LogP contribution in [0.1, 0.15) is 10.4 Å². The summed E-state index contributed by atoms with van der Waals surface area (Å²) in [5, 5.41) is 1.92. The molecule has 23 heavy (non-hydrogen) atoms. The number of benzene rings is 2. The predicted molar refractivity (Wildman–Crippen MR) is 71.6 cm³/mol. The number of nitrogens with one attached hydrogen (secondary N) is 1. The Morgan fingerprint density at radius 1 is 1.00 bits per heavy atom. The standard InChI is InChI=1S/C15H9F4NO3/c16-9-3-1-2-8(6-9)15(22)23-7-12(21)20-11-5-4-10(17)13(18)14(11)19/h1-6H,7H2,(H,20,21). The molecule has 2 aromatic carbocycles. The maximum absolute atomic E-state index is 13.4. The molecule has 0 aliphatic rings. The van der Waals surface area contributed by atoms with Crippen LogP contribution in [0.15, 0.2) is 36.4 Å². The van der Waals surface area contributed by atoms with E-state index in [4.69, 9.17) is 0 Å². The van der Waals surface area contributed by atoms with Crippen LogP contribution < -0.4 is 5.32 Å². The van der Waals surface area contributed by atoms with E-state index >= 15 is 0 Å². The number of carbonyl (C=O) groups excluding carboxylic acids is 2. The fraction of sp³-hybridized carbons (Fsp3) is 0.0667. The largest absolute Gasteiger partial charge is 0.452 e.